The van der Waals surface area contributed by atoms with Crippen LogP contribution in [0.4, 0.5) is 0 Å². The summed E-state index contributed by atoms with van der Waals surface area (Å²) in [5.41, 5.74) is -0.0752. The second-order valence-electron chi connectivity index (χ2n) is 3.48. The molecular formula is C8H19O2P. The van der Waals surface area contributed by atoms with Gasteiger partial charge in [-0.05, 0) is 27.2 Å². The van der Waals surface area contributed by atoms with Crippen molar-refractivity contribution in [1.82, 2.24) is 0 Å². The summed E-state index contributed by atoms with van der Waals surface area (Å²) < 4.78 is 11.0. The third-order valence-electron chi connectivity index (χ3n) is 0.880. The molecule has 0 saturated heterocycles. The molecular weight excluding hydrogens is 159 g/mol. The summed E-state index contributed by atoms with van der Waals surface area (Å²) in [5.74, 6) is 0. The van der Waals surface area contributed by atoms with Crippen LogP contribution in [0.25, 0.3) is 0 Å². The highest BCUT2D eigenvalue weighted by Gasteiger charge is 2.15. The molecule has 0 bridgehead atoms. The molecule has 0 aliphatic carbocycles. The van der Waals surface area contributed by atoms with Crippen molar-refractivity contribution in [3.63, 3.8) is 0 Å². The van der Waals surface area contributed by atoms with Gasteiger partial charge in [-0.3, -0.25) is 0 Å². The van der Waals surface area contributed by atoms with Crippen molar-refractivity contribution in [2.75, 3.05) is 13.3 Å². The van der Waals surface area contributed by atoms with E-state index in [4.69, 9.17) is 9.05 Å². The minimum Gasteiger partial charge on any atom is -0.334 e. The first-order valence-electron chi connectivity index (χ1n) is 4.01. The molecule has 0 N–H and O–H groups in total. The maximum atomic E-state index is 5.58. The van der Waals surface area contributed by atoms with E-state index in [1.807, 2.05) is 27.4 Å². The van der Waals surface area contributed by atoms with Gasteiger partial charge in [0.2, 0.25) is 0 Å². The van der Waals surface area contributed by atoms with E-state index in [1.165, 1.54) is 0 Å². The predicted molar refractivity (Wildman–Crippen MR) is 49.9 cm³/mol. The van der Waals surface area contributed by atoms with E-state index in [2.05, 4.69) is 6.92 Å². The van der Waals surface area contributed by atoms with Gasteiger partial charge in [0.15, 0.2) is 8.38 Å². The first-order chi connectivity index (χ1) is 4.95. The third kappa shape index (κ3) is 8.25. The molecule has 2 nitrogen and oxygen atoms in total. The lowest BCUT2D eigenvalue weighted by molar-refractivity contribution is 0.121. The van der Waals surface area contributed by atoms with Gasteiger partial charge in [0.25, 0.3) is 0 Å². The minimum atomic E-state index is -0.675. The Hall–Kier alpha value is 0.350. The molecule has 0 aliphatic heterocycles. The van der Waals surface area contributed by atoms with Gasteiger partial charge in [0.1, 0.15) is 0 Å². The molecule has 0 amide bonds. The predicted octanol–water partition coefficient (Wildman–Crippen LogP) is 3.17. The summed E-state index contributed by atoms with van der Waals surface area (Å²) in [6.07, 6.45) is 1.06. The van der Waals surface area contributed by atoms with E-state index in [9.17, 15) is 0 Å². The van der Waals surface area contributed by atoms with E-state index in [1.54, 1.807) is 0 Å². The molecule has 68 valence electrons. The first kappa shape index (κ1) is 11.4. The fraction of sp³-hybridized carbons (Fsp3) is 1.00. The summed E-state index contributed by atoms with van der Waals surface area (Å²) in [4.78, 5) is 0. The minimum absolute atomic E-state index is 0.0752. The van der Waals surface area contributed by atoms with Gasteiger partial charge in [-0.25, -0.2) is 0 Å². The van der Waals surface area contributed by atoms with Gasteiger partial charge < -0.3 is 9.05 Å². The largest absolute Gasteiger partial charge is 0.334 e. The highest BCUT2D eigenvalue weighted by atomic mass is 31.2. The van der Waals surface area contributed by atoms with Crippen LogP contribution >= 0.6 is 8.38 Å². The maximum absolute atomic E-state index is 5.58. The molecule has 0 spiro atoms. The number of hydrogen-bond acceptors (Lipinski definition) is 2. The lowest BCUT2D eigenvalue weighted by atomic mass is 10.2. The van der Waals surface area contributed by atoms with E-state index in [0.717, 1.165) is 13.0 Å². The van der Waals surface area contributed by atoms with Crippen molar-refractivity contribution in [2.45, 2.75) is 39.7 Å². The Labute approximate surface area is 71.2 Å². The monoisotopic (exact) mass is 178 g/mol. The molecule has 11 heavy (non-hydrogen) atoms. The molecule has 0 rings (SSSR count). The van der Waals surface area contributed by atoms with Crippen LogP contribution in [0, 0.1) is 0 Å². The maximum Gasteiger partial charge on any atom is 0.167 e. The normalized spacial score (nSPS) is 15.0. The van der Waals surface area contributed by atoms with Gasteiger partial charge in [0.05, 0.1) is 12.2 Å². The number of rotatable bonds is 4. The highest BCUT2D eigenvalue weighted by molar-refractivity contribution is 7.46. The molecule has 1 unspecified atom stereocenters. The molecule has 0 aromatic carbocycles. The van der Waals surface area contributed by atoms with Crippen molar-refractivity contribution >= 4 is 8.38 Å². The van der Waals surface area contributed by atoms with Gasteiger partial charge in [-0.15, -0.1) is 0 Å². The van der Waals surface area contributed by atoms with Crippen molar-refractivity contribution in [2.24, 2.45) is 0 Å². The third-order valence-corrected chi connectivity index (χ3v) is 2.23. The van der Waals surface area contributed by atoms with Gasteiger partial charge >= 0.3 is 0 Å². The summed E-state index contributed by atoms with van der Waals surface area (Å²) in [5, 5.41) is 0. The summed E-state index contributed by atoms with van der Waals surface area (Å²) >= 11 is 0. The second-order valence-corrected chi connectivity index (χ2v) is 4.80. The van der Waals surface area contributed by atoms with Crippen LogP contribution in [0.15, 0.2) is 0 Å². The van der Waals surface area contributed by atoms with Crippen LogP contribution in [0.1, 0.15) is 34.1 Å². The van der Waals surface area contributed by atoms with Crippen molar-refractivity contribution in [3.8, 4) is 0 Å². The molecule has 0 fully saturated rings. The average molecular weight is 178 g/mol. The van der Waals surface area contributed by atoms with E-state index >= 15 is 0 Å². The zero-order valence-corrected chi connectivity index (χ0v) is 9.07. The quantitative estimate of drug-likeness (QED) is 0.615. The van der Waals surface area contributed by atoms with Crippen molar-refractivity contribution < 1.29 is 9.05 Å². The molecule has 0 saturated carbocycles. The standard InChI is InChI=1S/C8H19O2P/c1-6-7-9-11(5)10-8(2,3)4/h6-7H2,1-5H3. The van der Waals surface area contributed by atoms with Gasteiger partial charge in [-0.2, -0.15) is 0 Å². The van der Waals surface area contributed by atoms with Crippen LogP contribution in [-0.2, 0) is 9.05 Å². The molecule has 3 heteroatoms. The summed E-state index contributed by atoms with van der Waals surface area (Å²) in [6.45, 7) is 11.0. The van der Waals surface area contributed by atoms with Crippen LogP contribution < -0.4 is 0 Å². The highest BCUT2D eigenvalue weighted by Crippen LogP contribution is 2.38. The van der Waals surface area contributed by atoms with Crippen LogP contribution in [0.5, 0.6) is 0 Å². The molecule has 1 atom stereocenters. The molecule has 0 radical (unpaired) electrons. The lowest BCUT2D eigenvalue weighted by Gasteiger charge is -2.23. The summed E-state index contributed by atoms with van der Waals surface area (Å²) in [7, 11) is -0.675. The smallest absolute Gasteiger partial charge is 0.167 e. The van der Waals surface area contributed by atoms with Crippen LogP contribution in [0.3, 0.4) is 0 Å². The molecule has 0 aliphatic rings. The zero-order chi connectivity index (χ0) is 8.91. The molecule has 0 heterocycles. The Balaban J connectivity index is 3.44. The SMILES string of the molecule is CCCOP(C)OC(C)(C)C. The fourth-order valence-corrected chi connectivity index (χ4v) is 1.90. The Morgan fingerprint density at radius 1 is 1.27 bits per heavy atom. The van der Waals surface area contributed by atoms with Crippen molar-refractivity contribution in [1.29, 1.82) is 0 Å². The number of hydrogen-bond donors (Lipinski definition) is 0. The van der Waals surface area contributed by atoms with Crippen LogP contribution in [-0.4, -0.2) is 18.9 Å². The average Bonchev–Trinajstić information content (AvgIpc) is 1.79. The topological polar surface area (TPSA) is 18.5 Å². The second kappa shape index (κ2) is 5.08. The zero-order valence-electron chi connectivity index (χ0n) is 8.18. The van der Waals surface area contributed by atoms with E-state index < -0.39 is 8.38 Å². The van der Waals surface area contributed by atoms with Crippen molar-refractivity contribution in [3.05, 3.63) is 0 Å². The van der Waals surface area contributed by atoms with Gasteiger partial charge in [-0.1, -0.05) is 6.92 Å². The Bertz CT molecular complexity index is 98.8. The van der Waals surface area contributed by atoms with Crippen LogP contribution in [0.2, 0.25) is 0 Å². The first-order valence-corrected chi connectivity index (χ1v) is 5.64. The van der Waals surface area contributed by atoms with E-state index in [-0.39, 0.29) is 5.60 Å². The lowest BCUT2D eigenvalue weighted by Crippen LogP contribution is -2.16. The Morgan fingerprint density at radius 2 is 1.82 bits per heavy atom. The Kier molecular flexibility index (Phi) is 5.24. The molecule has 0 aromatic heterocycles. The van der Waals surface area contributed by atoms with Gasteiger partial charge in [0, 0.05) is 6.66 Å². The summed E-state index contributed by atoms with van der Waals surface area (Å²) in [6, 6.07) is 0. The van der Waals surface area contributed by atoms with E-state index in [0.29, 0.717) is 0 Å². The fourth-order valence-electron chi connectivity index (χ4n) is 0.632. The Morgan fingerprint density at radius 3 is 2.18 bits per heavy atom. The molecule has 0 aromatic rings.